The van der Waals surface area contributed by atoms with E-state index in [1.165, 1.54) is 48.8 Å². The van der Waals surface area contributed by atoms with Gasteiger partial charge < -0.3 is 10.2 Å². The fraction of sp³-hybridized carbons (Fsp3) is 0.0476. The molecule has 0 aliphatic rings. The molecular weight excluding hydrogens is 404 g/mol. The predicted octanol–water partition coefficient (Wildman–Crippen LogP) is 4.28. The Kier molecular flexibility index (Phi) is 6.31. The molecule has 0 radical (unpaired) electrons. The molecule has 0 amide bonds. The maximum Gasteiger partial charge on any atom is 0.270 e. The van der Waals surface area contributed by atoms with Gasteiger partial charge in [0, 0.05) is 47.8 Å². The molecule has 0 heterocycles. The zero-order chi connectivity index (χ0) is 22.4. The lowest BCUT2D eigenvalue weighted by molar-refractivity contribution is -0.385. The van der Waals surface area contributed by atoms with E-state index in [1.807, 2.05) is 0 Å². The van der Waals surface area contributed by atoms with Crippen LogP contribution in [0.1, 0.15) is 16.7 Å². The molecule has 0 spiro atoms. The molecule has 0 bridgehead atoms. The molecule has 156 valence electrons. The number of nitrogens with zero attached hydrogens (tertiary/aromatic N) is 4. The molecule has 0 saturated heterocycles. The fourth-order valence-electron chi connectivity index (χ4n) is 2.67. The summed E-state index contributed by atoms with van der Waals surface area (Å²) in [7, 11) is 0. The molecule has 0 aliphatic heterocycles. The molecule has 0 unspecified atom stereocenters. The van der Waals surface area contributed by atoms with E-state index in [2.05, 4.69) is 9.98 Å². The van der Waals surface area contributed by atoms with Crippen molar-refractivity contribution in [1.29, 1.82) is 0 Å². The second kappa shape index (κ2) is 9.27. The number of hydrogen-bond acceptors (Lipinski definition) is 8. The average Bonchev–Trinajstić information content (AvgIpc) is 2.75. The van der Waals surface area contributed by atoms with Crippen molar-refractivity contribution in [1.82, 2.24) is 0 Å². The summed E-state index contributed by atoms with van der Waals surface area (Å²) in [5, 5.41) is 41.6. The summed E-state index contributed by atoms with van der Waals surface area (Å²) in [6, 6.07) is 14.3. The van der Waals surface area contributed by atoms with Crippen molar-refractivity contribution in [2.45, 2.75) is 6.54 Å². The third-order valence-electron chi connectivity index (χ3n) is 4.27. The summed E-state index contributed by atoms with van der Waals surface area (Å²) < 4.78 is 0. The van der Waals surface area contributed by atoms with Gasteiger partial charge in [0.1, 0.15) is 11.5 Å². The minimum Gasteiger partial charge on any atom is -0.507 e. The lowest BCUT2D eigenvalue weighted by atomic mass is 10.1. The Hall–Kier alpha value is -4.60. The van der Waals surface area contributed by atoms with Crippen LogP contribution in [0.15, 0.2) is 70.6 Å². The van der Waals surface area contributed by atoms with Crippen molar-refractivity contribution in [3.8, 4) is 11.5 Å². The number of rotatable bonds is 7. The fourth-order valence-corrected chi connectivity index (χ4v) is 2.67. The minimum atomic E-state index is -0.567. The summed E-state index contributed by atoms with van der Waals surface area (Å²) in [5.74, 6) is -0.284. The Balaban J connectivity index is 1.82. The summed E-state index contributed by atoms with van der Waals surface area (Å²) in [6.07, 6.45) is 2.65. The van der Waals surface area contributed by atoms with Crippen LogP contribution in [-0.4, -0.2) is 32.5 Å². The smallest absolute Gasteiger partial charge is 0.270 e. The van der Waals surface area contributed by atoms with E-state index in [-0.39, 0.29) is 40.5 Å². The van der Waals surface area contributed by atoms with Gasteiger partial charge in [0.05, 0.1) is 22.1 Å². The van der Waals surface area contributed by atoms with E-state index >= 15 is 0 Å². The molecule has 3 aromatic carbocycles. The first-order chi connectivity index (χ1) is 14.8. The van der Waals surface area contributed by atoms with E-state index in [9.17, 15) is 30.4 Å². The Morgan fingerprint density at radius 1 is 0.806 bits per heavy atom. The van der Waals surface area contributed by atoms with Gasteiger partial charge in [-0.1, -0.05) is 18.2 Å². The van der Waals surface area contributed by atoms with Gasteiger partial charge in [-0.25, -0.2) is 0 Å². The van der Waals surface area contributed by atoms with Gasteiger partial charge in [0.25, 0.3) is 11.4 Å². The van der Waals surface area contributed by atoms with E-state index in [4.69, 9.17) is 0 Å². The monoisotopic (exact) mass is 420 g/mol. The maximum absolute atomic E-state index is 10.9. The first-order valence-electron chi connectivity index (χ1n) is 8.92. The molecular formula is C21H16N4O6. The van der Waals surface area contributed by atoms with Gasteiger partial charge >= 0.3 is 0 Å². The molecule has 10 heteroatoms. The zero-order valence-corrected chi connectivity index (χ0v) is 16.0. The highest BCUT2D eigenvalue weighted by Crippen LogP contribution is 2.25. The molecule has 31 heavy (non-hydrogen) atoms. The molecule has 2 N–H and O–H groups in total. The van der Waals surface area contributed by atoms with Gasteiger partial charge in [-0.15, -0.1) is 0 Å². The standard InChI is InChI=1S/C21H16N4O6/c26-20-7-5-17(24(28)29)9-15(20)12-22-11-14-3-1-2-4-19(14)23-13-16-10-18(25(30)31)6-8-21(16)27/h1-10,12-13,26-27H,11H2. The van der Waals surface area contributed by atoms with Crippen LogP contribution >= 0.6 is 0 Å². The number of para-hydroxylation sites is 1. The Labute approximate surface area is 175 Å². The van der Waals surface area contributed by atoms with E-state index in [0.29, 0.717) is 11.3 Å². The van der Waals surface area contributed by atoms with Crippen LogP contribution in [0.4, 0.5) is 17.1 Å². The Morgan fingerprint density at radius 2 is 1.35 bits per heavy atom. The number of nitro groups is 2. The number of non-ortho nitro benzene ring substituents is 2. The summed E-state index contributed by atoms with van der Waals surface area (Å²) in [6.45, 7) is 0.163. The van der Waals surface area contributed by atoms with Crippen molar-refractivity contribution in [2.75, 3.05) is 0 Å². The van der Waals surface area contributed by atoms with Crippen molar-refractivity contribution >= 4 is 29.5 Å². The van der Waals surface area contributed by atoms with E-state index in [1.54, 1.807) is 24.3 Å². The number of hydrogen-bond donors (Lipinski definition) is 2. The van der Waals surface area contributed by atoms with Crippen molar-refractivity contribution in [3.05, 3.63) is 97.6 Å². The molecule has 0 fully saturated rings. The quantitative estimate of drug-likeness (QED) is 0.330. The van der Waals surface area contributed by atoms with Crippen LogP contribution in [0.2, 0.25) is 0 Å². The molecule has 3 rings (SSSR count). The Bertz CT molecular complexity index is 1210. The lowest BCUT2D eigenvalue weighted by Gasteiger charge is -2.03. The number of benzene rings is 3. The number of aliphatic imine (C=N–C) groups is 2. The van der Waals surface area contributed by atoms with Gasteiger partial charge in [0.15, 0.2) is 0 Å². The highest BCUT2D eigenvalue weighted by molar-refractivity contribution is 5.87. The zero-order valence-electron chi connectivity index (χ0n) is 16.0. The Morgan fingerprint density at radius 3 is 1.94 bits per heavy atom. The lowest BCUT2D eigenvalue weighted by Crippen LogP contribution is -1.92. The molecule has 10 nitrogen and oxygen atoms in total. The summed E-state index contributed by atoms with van der Waals surface area (Å²) >= 11 is 0. The first kappa shape index (κ1) is 21.1. The van der Waals surface area contributed by atoms with Gasteiger partial charge in [0.2, 0.25) is 0 Å². The van der Waals surface area contributed by atoms with E-state index in [0.717, 1.165) is 0 Å². The maximum atomic E-state index is 10.9. The number of phenols is 2. The second-order valence-electron chi connectivity index (χ2n) is 6.36. The van der Waals surface area contributed by atoms with Gasteiger partial charge in [-0.05, 0) is 23.8 Å². The van der Waals surface area contributed by atoms with Crippen LogP contribution in [0.3, 0.4) is 0 Å². The van der Waals surface area contributed by atoms with Crippen molar-refractivity contribution < 1.29 is 20.1 Å². The van der Waals surface area contributed by atoms with Crippen LogP contribution in [0, 0.1) is 20.2 Å². The van der Waals surface area contributed by atoms with Crippen molar-refractivity contribution in [2.24, 2.45) is 9.98 Å². The van der Waals surface area contributed by atoms with E-state index < -0.39 is 9.85 Å². The predicted molar refractivity (Wildman–Crippen MR) is 115 cm³/mol. The molecule has 0 atom stereocenters. The number of nitro benzene ring substituents is 2. The van der Waals surface area contributed by atoms with Gasteiger partial charge in [-0.3, -0.25) is 30.2 Å². The molecule has 0 aliphatic carbocycles. The van der Waals surface area contributed by atoms with Gasteiger partial charge in [-0.2, -0.15) is 0 Å². The molecule has 3 aromatic rings. The third-order valence-corrected chi connectivity index (χ3v) is 4.27. The number of phenolic OH excluding ortho intramolecular Hbond substituents is 2. The SMILES string of the molecule is O=[N+]([O-])c1ccc(O)c(C=NCc2ccccc2N=Cc2cc([N+](=O)[O-])ccc2O)c1. The number of aromatic hydroxyl groups is 2. The van der Waals surface area contributed by atoms with Crippen LogP contribution < -0.4 is 0 Å². The van der Waals surface area contributed by atoms with Crippen LogP contribution in [0.25, 0.3) is 0 Å². The first-order valence-corrected chi connectivity index (χ1v) is 8.92. The second-order valence-corrected chi connectivity index (χ2v) is 6.36. The molecule has 0 saturated carbocycles. The highest BCUT2D eigenvalue weighted by Gasteiger charge is 2.10. The van der Waals surface area contributed by atoms with Crippen LogP contribution in [0.5, 0.6) is 11.5 Å². The topological polar surface area (TPSA) is 151 Å². The largest absolute Gasteiger partial charge is 0.507 e. The highest BCUT2D eigenvalue weighted by atomic mass is 16.6. The summed E-state index contributed by atoms with van der Waals surface area (Å²) in [5.41, 5.74) is 1.28. The molecule has 0 aromatic heterocycles. The average molecular weight is 420 g/mol. The van der Waals surface area contributed by atoms with Crippen molar-refractivity contribution in [3.63, 3.8) is 0 Å². The summed E-state index contributed by atoms with van der Waals surface area (Å²) in [4.78, 5) is 29.2. The third kappa shape index (κ3) is 5.26. The van der Waals surface area contributed by atoms with Crippen LogP contribution in [-0.2, 0) is 6.54 Å². The normalized spacial score (nSPS) is 11.2. The minimum absolute atomic E-state index is 0.137.